The van der Waals surface area contributed by atoms with Crippen LogP contribution in [0, 0.1) is 0 Å². The van der Waals surface area contributed by atoms with Crippen molar-refractivity contribution in [3.63, 3.8) is 0 Å². The van der Waals surface area contributed by atoms with Gasteiger partial charge in [0.25, 0.3) is 0 Å². The van der Waals surface area contributed by atoms with Gasteiger partial charge in [-0.2, -0.15) is 0 Å². The lowest BCUT2D eigenvalue weighted by atomic mass is 9.62. The maximum absolute atomic E-state index is 6.15. The van der Waals surface area contributed by atoms with Crippen LogP contribution in [0.15, 0.2) is 11.8 Å². The van der Waals surface area contributed by atoms with Gasteiger partial charge in [-0.25, -0.2) is 0 Å². The molecular weight excluding hydrogens is 219 g/mol. The summed E-state index contributed by atoms with van der Waals surface area (Å²) >= 11 is 0. The summed E-state index contributed by atoms with van der Waals surface area (Å²) in [4.78, 5) is 0. The smallest absolute Gasteiger partial charge is 0.356 e. The van der Waals surface area contributed by atoms with Crippen molar-refractivity contribution in [1.29, 1.82) is 0 Å². The van der Waals surface area contributed by atoms with Crippen LogP contribution in [0.2, 0.25) is 12.6 Å². The van der Waals surface area contributed by atoms with E-state index in [2.05, 4.69) is 19.9 Å². The predicted octanol–water partition coefficient (Wildman–Crippen LogP) is 5.83. The molecule has 2 heteroatoms. The summed E-state index contributed by atoms with van der Waals surface area (Å²) in [5.41, 5.74) is 0. The molecule has 1 aliphatic carbocycles. The zero-order chi connectivity index (χ0) is 13.1. The Morgan fingerprint density at radius 2 is 1.44 bits per heavy atom. The van der Waals surface area contributed by atoms with E-state index in [-0.39, 0.29) is 0 Å². The number of allylic oxidation sites excluding steroid dienone is 2. The normalized spacial score (nSPS) is 19.3. The van der Waals surface area contributed by atoms with Gasteiger partial charge in [0.2, 0.25) is 0 Å². The Balaban J connectivity index is 2.42. The average molecular weight is 250 g/mol. The molecule has 104 valence electrons. The van der Waals surface area contributed by atoms with Crippen LogP contribution in [0.4, 0.5) is 0 Å². The van der Waals surface area contributed by atoms with E-state index in [4.69, 9.17) is 4.65 Å². The monoisotopic (exact) mass is 250 g/mol. The van der Waals surface area contributed by atoms with Crippen LogP contribution < -0.4 is 0 Å². The molecule has 0 aromatic heterocycles. The van der Waals surface area contributed by atoms with E-state index >= 15 is 0 Å². The molecule has 1 nitrogen and oxygen atoms in total. The quantitative estimate of drug-likeness (QED) is 0.570. The highest BCUT2D eigenvalue weighted by Crippen LogP contribution is 2.19. The second-order valence-corrected chi connectivity index (χ2v) is 5.59. The van der Waals surface area contributed by atoms with E-state index in [1.165, 1.54) is 63.5 Å². The average Bonchev–Trinajstić information content (AvgIpc) is 2.38. The molecule has 0 saturated heterocycles. The molecule has 0 unspecified atom stereocenters. The third-order valence-corrected chi connectivity index (χ3v) is 3.98. The third-order valence-electron chi connectivity index (χ3n) is 3.98. The summed E-state index contributed by atoms with van der Waals surface area (Å²) in [6.07, 6.45) is 18.2. The summed E-state index contributed by atoms with van der Waals surface area (Å²) in [6.45, 7) is 4.89. The first-order valence-electron chi connectivity index (χ1n) is 8.22. The van der Waals surface area contributed by atoms with Crippen LogP contribution >= 0.6 is 0 Å². The van der Waals surface area contributed by atoms with Crippen LogP contribution in [0.25, 0.3) is 0 Å². The van der Waals surface area contributed by atoms with Gasteiger partial charge in [-0.3, -0.25) is 0 Å². The van der Waals surface area contributed by atoms with Gasteiger partial charge in [0, 0.05) is 6.42 Å². The minimum absolute atomic E-state index is 0.434. The van der Waals surface area contributed by atoms with Crippen molar-refractivity contribution in [2.45, 2.75) is 90.7 Å². The van der Waals surface area contributed by atoms with Gasteiger partial charge in [-0.15, -0.1) is 0 Å². The van der Waals surface area contributed by atoms with E-state index in [9.17, 15) is 0 Å². The van der Waals surface area contributed by atoms with E-state index in [0.717, 1.165) is 19.1 Å². The maximum atomic E-state index is 6.15. The molecule has 0 fully saturated rings. The van der Waals surface area contributed by atoms with Crippen molar-refractivity contribution >= 4 is 6.92 Å². The van der Waals surface area contributed by atoms with Gasteiger partial charge < -0.3 is 4.65 Å². The lowest BCUT2D eigenvalue weighted by Gasteiger charge is -2.17. The lowest BCUT2D eigenvalue weighted by Crippen LogP contribution is -2.15. The molecule has 0 N–H and O–H groups in total. The number of hydrogen-bond acceptors (Lipinski definition) is 1. The first-order valence-corrected chi connectivity index (χ1v) is 8.22. The molecule has 0 aromatic rings. The molecule has 0 spiro atoms. The molecule has 1 aliphatic rings. The van der Waals surface area contributed by atoms with Crippen molar-refractivity contribution in [2.75, 3.05) is 0 Å². The zero-order valence-electron chi connectivity index (χ0n) is 12.5. The zero-order valence-corrected chi connectivity index (χ0v) is 12.5. The van der Waals surface area contributed by atoms with Crippen LogP contribution in [0.5, 0.6) is 0 Å². The second-order valence-electron chi connectivity index (χ2n) is 5.59. The molecule has 0 amide bonds. The van der Waals surface area contributed by atoms with E-state index in [1.807, 2.05) is 0 Å². The highest BCUT2D eigenvalue weighted by molar-refractivity contribution is 6.51. The van der Waals surface area contributed by atoms with Gasteiger partial charge in [0.1, 0.15) is 0 Å². The first-order chi connectivity index (χ1) is 8.86. The molecule has 0 aromatic carbocycles. The SMILES string of the molecule is CCB(CC)OC1=CCCCCCCCCCC1. The lowest BCUT2D eigenvalue weighted by molar-refractivity contribution is 0.393. The molecule has 0 aliphatic heterocycles. The Hall–Kier alpha value is -0.395. The summed E-state index contributed by atoms with van der Waals surface area (Å²) in [7, 11) is 0. The topological polar surface area (TPSA) is 9.23 Å². The van der Waals surface area contributed by atoms with Crippen LogP contribution in [0.3, 0.4) is 0 Å². The van der Waals surface area contributed by atoms with Crippen LogP contribution in [-0.2, 0) is 4.65 Å². The van der Waals surface area contributed by atoms with Crippen LogP contribution in [0.1, 0.15) is 78.1 Å². The Morgan fingerprint density at radius 1 is 0.889 bits per heavy atom. The van der Waals surface area contributed by atoms with Crippen molar-refractivity contribution in [1.82, 2.24) is 0 Å². The van der Waals surface area contributed by atoms with Crippen molar-refractivity contribution in [3.05, 3.63) is 11.8 Å². The first kappa shape index (κ1) is 15.7. The van der Waals surface area contributed by atoms with Crippen LogP contribution in [-0.4, -0.2) is 6.92 Å². The number of hydrogen-bond donors (Lipinski definition) is 0. The van der Waals surface area contributed by atoms with Crippen molar-refractivity contribution in [3.8, 4) is 0 Å². The molecular formula is C16H31BO. The summed E-state index contributed by atoms with van der Waals surface area (Å²) in [6, 6.07) is 0. The van der Waals surface area contributed by atoms with Crippen molar-refractivity contribution in [2.24, 2.45) is 0 Å². The van der Waals surface area contributed by atoms with Gasteiger partial charge >= 0.3 is 6.92 Å². The predicted molar refractivity (Wildman–Crippen MR) is 82.1 cm³/mol. The summed E-state index contributed by atoms with van der Waals surface area (Å²) < 4.78 is 6.15. The highest BCUT2D eigenvalue weighted by atomic mass is 16.4. The molecule has 18 heavy (non-hydrogen) atoms. The minimum atomic E-state index is 0.434. The van der Waals surface area contributed by atoms with Crippen molar-refractivity contribution < 1.29 is 4.65 Å². The Labute approximate surface area is 114 Å². The molecule has 0 radical (unpaired) electrons. The molecule has 1 rings (SSSR count). The Bertz CT molecular complexity index is 221. The Kier molecular flexibility index (Phi) is 9.15. The second kappa shape index (κ2) is 10.5. The minimum Gasteiger partial charge on any atom is -0.564 e. The molecule has 0 saturated carbocycles. The number of rotatable bonds is 4. The summed E-state index contributed by atoms with van der Waals surface area (Å²) in [5.74, 6) is 1.28. The van der Waals surface area contributed by atoms with Gasteiger partial charge in [-0.05, 0) is 38.0 Å². The molecule has 0 heterocycles. The van der Waals surface area contributed by atoms with E-state index < -0.39 is 0 Å². The fraction of sp³-hybridized carbons (Fsp3) is 0.875. The fourth-order valence-corrected chi connectivity index (χ4v) is 2.65. The molecule has 0 atom stereocenters. The van der Waals surface area contributed by atoms with E-state index in [0.29, 0.717) is 6.92 Å². The van der Waals surface area contributed by atoms with E-state index in [1.54, 1.807) is 0 Å². The largest absolute Gasteiger partial charge is 0.564 e. The van der Waals surface area contributed by atoms with Gasteiger partial charge in [0.15, 0.2) is 0 Å². The standard InChI is InChI=1S/C16H31BO/c1-3-17(4-2)18-16-14-12-10-8-6-5-7-9-11-13-15-16/h14H,3-13,15H2,1-2H3. The maximum Gasteiger partial charge on any atom is 0.356 e. The Morgan fingerprint density at radius 3 is 2.06 bits per heavy atom. The summed E-state index contributed by atoms with van der Waals surface area (Å²) in [5, 5.41) is 0. The third kappa shape index (κ3) is 7.13. The molecule has 0 bridgehead atoms. The van der Waals surface area contributed by atoms with Gasteiger partial charge in [0.05, 0.1) is 5.76 Å². The van der Waals surface area contributed by atoms with Gasteiger partial charge in [-0.1, -0.05) is 52.4 Å². The fourth-order valence-electron chi connectivity index (χ4n) is 2.65. The highest BCUT2D eigenvalue weighted by Gasteiger charge is 2.13.